The SMILES string of the molecule is CC(=O)CCC(=O)O.CN(C)C(=O)c1cc2cnc(Nc3ccc(N4CCNCC4)cn3)nc2n1C1CCCC1.CN(C)C(=O)c1cc2cnc(Nc3ccc(N4CCNCC4)cn3)nc2n1C1CCCC1.CO.O=C(O)CCC(=O)O. The minimum absolute atomic E-state index is 0.00502. The molecule has 82 heavy (non-hydrogen) atoms. The molecule has 2 amide bonds. The first-order chi connectivity index (χ1) is 39.4. The van der Waals surface area contributed by atoms with Gasteiger partial charge in [-0.05, 0) is 69.0 Å². The normalized spacial score (nSPS) is 15.1. The van der Waals surface area contributed by atoms with Crippen LogP contribution in [0, 0.1) is 0 Å². The van der Waals surface area contributed by atoms with Crippen molar-refractivity contribution < 1.29 is 49.2 Å². The molecule has 2 saturated carbocycles. The van der Waals surface area contributed by atoms with Crippen molar-refractivity contribution in [2.75, 3.05) is 108 Å². The summed E-state index contributed by atoms with van der Waals surface area (Å²) in [6.07, 6.45) is 15.9. The third-order valence-electron chi connectivity index (χ3n) is 14.0. The van der Waals surface area contributed by atoms with Crippen molar-refractivity contribution in [1.82, 2.24) is 59.5 Å². The molecule has 26 nitrogen and oxygen atoms in total. The molecule has 10 rings (SSSR count). The van der Waals surface area contributed by atoms with Gasteiger partial charge in [-0.1, -0.05) is 25.7 Å². The number of aliphatic carboxylic acids is 3. The number of aliphatic hydroxyl groups excluding tert-OH is 1. The van der Waals surface area contributed by atoms with Gasteiger partial charge in [0, 0.05) is 129 Å². The van der Waals surface area contributed by atoms with Crippen LogP contribution in [0.4, 0.5) is 34.9 Å². The number of carbonyl (C=O) groups is 6. The molecule has 8 heterocycles. The smallest absolute Gasteiger partial charge is 0.303 e. The van der Waals surface area contributed by atoms with Crippen LogP contribution >= 0.6 is 0 Å². The molecule has 4 aliphatic rings. The summed E-state index contributed by atoms with van der Waals surface area (Å²) in [4.78, 5) is 100. The summed E-state index contributed by atoms with van der Waals surface area (Å²) in [7, 11) is 8.14. The number of anilines is 6. The predicted octanol–water partition coefficient (Wildman–Crippen LogP) is 5.58. The number of piperazine rings is 2. The fourth-order valence-electron chi connectivity index (χ4n) is 9.85. The van der Waals surface area contributed by atoms with Gasteiger partial charge >= 0.3 is 17.9 Å². The predicted molar refractivity (Wildman–Crippen MR) is 312 cm³/mol. The number of nitrogens with zero attached hydrogens (tertiary/aromatic N) is 12. The number of carbonyl (C=O) groups excluding carboxylic acids is 3. The third-order valence-corrected chi connectivity index (χ3v) is 14.0. The summed E-state index contributed by atoms with van der Waals surface area (Å²) in [5.41, 5.74) is 5.21. The van der Waals surface area contributed by atoms with Gasteiger partial charge < -0.3 is 75.2 Å². The van der Waals surface area contributed by atoms with Gasteiger partial charge in [0.1, 0.15) is 40.1 Å². The van der Waals surface area contributed by atoms with Crippen molar-refractivity contribution in [3.63, 3.8) is 0 Å². The topological polar surface area (TPSA) is 332 Å². The molecule has 2 aliphatic heterocycles. The standard InChI is InChI=1S/2C23H30N8O.C5H8O3.C4H6O4.CH4O/c2*1-29(2)22(32)19-13-16-14-26-23(28-21(16)31(19)17-5-3-4-6-17)27-20-8-7-18(15-25-20)30-11-9-24-10-12-30;1-4(6)2-3-5(7)8;5-3(6)1-2-4(7)8;1-2/h2*7-8,13-15,17,24H,3-6,9-12H2,1-2H3,(H,25,26,27,28);2-3H2,1H3,(H,7,8);1-2H2,(H,5,6)(H,7,8);2H,1H3. The summed E-state index contributed by atoms with van der Waals surface area (Å²) in [5.74, 6) is -0.780. The lowest BCUT2D eigenvalue weighted by molar-refractivity contribution is -0.143. The van der Waals surface area contributed by atoms with E-state index in [2.05, 4.69) is 72.3 Å². The van der Waals surface area contributed by atoms with Crippen molar-refractivity contribution in [3.8, 4) is 0 Å². The molecule has 6 aromatic rings. The van der Waals surface area contributed by atoms with E-state index in [9.17, 15) is 28.8 Å². The van der Waals surface area contributed by atoms with Crippen LogP contribution in [-0.2, 0) is 19.2 Å². The molecule has 0 radical (unpaired) electrons. The first kappa shape index (κ1) is 62.8. The minimum Gasteiger partial charge on any atom is -0.481 e. The average Bonchev–Trinajstić information content (AvgIpc) is 4.53. The zero-order chi connectivity index (χ0) is 59.3. The molecular weight excluding hydrogens is 1060 g/mol. The van der Waals surface area contributed by atoms with Crippen molar-refractivity contribution in [1.29, 1.82) is 0 Å². The number of pyridine rings is 2. The molecule has 8 N–H and O–H groups in total. The molecule has 0 atom stereocenters. The minimum atomic E-state index is -1.08. The number of amides is 2. The maximum atomic E-state index is 12.9. The molecular formula is C56H78N16O10. The second kappa shape index (κ2) is 31.0. The van der Waals surface area contributed by atoms with E-state index in [-0.39, 0.29) is 43.3 Å². The average molecular weight is 1140 g/mol. The van der Waals surface area contributed by atoms with E-state index in [0.29, 0.717) is 47.0 Å². The molecule has 0 spiro atoms. The Bertz CT molecular complexity index is 2840. The highest BCUT2D eigenvalue weighted by Crippen LogP contribution is 2.36. The number of Topliss-reactive ketones (excluding diaryl/α,β-unsaturated/α-hetero) is 1. The Morgan fingerprint density at radius 2 is 0.890 bits per heavy atom. The molecule has 0 unspecified atom stereocenters. The number of hydrogen-bond donors (Lipinski definition) is 8. The molecule has 2 saturated heterocycles. The fraction of sp³-hybridized carbons (Fsp3) is 0.500. The van der Waals surface area contributed by atoms with E-state index in [0.717, 1.165) is 119 Å². The highest BCUT2D eigenvalue weighted by atomic mass is 16.4. The van der Waals surface area contributed by atoms with Crippen molar-refractivity contribution in [2.45, 2.75) is 96.1 Å². The number of aromatic nitrogens is 8. The Labute approximate surface area is 476 Å². The molecule has 6 aromatic heterocycles. The zero-order valence-electron chi connectivity index (χ0n) is 47.7. The summed E-state index contributed by atoms with van der Waals surface area (Å²) in [6, 6.07) is 12.5. The molecule has 0 bridgehead atoms. The van der Waals surface area contributed by atoms with Crippen LogP contribution in [0.25, 0.3) is 22.1 Å². The van der Waals surface area contributed by atoms with E-state index in [4.69, 9.17) is 30.4 Å². The van der Waals surface area contributed by atoms with Crippen LogP contribution in [0.2, 0.25) is 0 Å². The van der Waals surface area contributed by atoms with Crippen LogP contribution in [0.15, 0.2) is 61.2 Å². The van der Waals surface area contributed by atoms with E-state index >= 15 is 0 Å². The lowest BCUT2D eigenvalue weighted by Gasteiger charge is -2.29. The van der Waals surface area contributed by atoms with Gasteiger partial charge in [0.25, 0.3) is 11.8 Å². The number of rotatable bonds is 16. The van der Waals surface area contributed by atoms with Crippen LogP contribution in [0.1, 0.15) is 117 Å². The van der Waals surface area contributed by atoms with E-state index in [1.54, 1.807) is 50.4 Å². The number of ketones is 1. The molecule has 26 heteroatoms. The van der Waals surface area contributed by atoms with Gasteiger partial charge in [-0.2, -0.15) is 9.97 Å². The second-order valence-corrected chi connectivity index (χ2v) is 20.4. The Morgan fingerprint density at radius 3 is 1.18 bits per heavy atom. The molecule has 0 aromatic carbocycles. The Balaban J connectivity index is 0.000000204. The number of carboxylic acids is 3. The Morgan fingerprint density at radius 1 is 0.537 bits per heavy atom. The van der Waals surface area contributed by atoms with E-state index in [1.165, 1.54) is 32.6 Å². The number of carboxylic acid groups (broad SMARTS) is 3. The third kappa shape index (κ3) is 17.8. The van der Waals surface area contributed by atoms with Gasteiger partial charge in [-0.3, -0.25) is 24.0 Å². The van der Waals surface area contributed by atoms with Gasteiger partial charge in [-0.25, -0.2) is 19.9 Å². The number of hydrogen-bond acceptors (Lipinski definition) is 19. The number of nitrogens with one attached hydrogen (secondary N) is 4. The summed E-state index contributed by atoms with van der Waals surface area (Å²) >= 11 is 0. The van der Waals surface area contributed by atoms with Gasteiger partial charge in [0.2, 0.25) is 11.9 Å². The summed E-state index contributed by atoms with van der Waals surface area (Å²) in [6.45, 7) is 9.30. The van der Waals surface area contributed by atoms with Crippen molar-refractivity contribution in [2.24, 2.45) is 0 Å². The first-order valence-electron chi connectivity index (χ1n) is 27.6. The van der Waals surface area contributed by atoms with Crippen molar-refractivity contribution >= 4 is 92.5 Å². The molecule has 4 fully saturated rings. The van der Waals surface area contributed by atoms with E-state index in [1.807, 2.05) is 36.7 Å². The highest BCUT2D eigenvalue weighted by molar-refractivity contribution is 5.99. The van der Waals surface area contributed by atoms with Crippen LogP contribution in [-0.4, -0.2) is 192 Å². The lowest BCUT2D eigenvalue weighted by atomic mass is 10.2. The maximum Gasteiger partial charge on any atom is 0.303 e. The molecule has 2 aliphatic carbocycles. The Kier molecular flexibility index (Phi) is 23.8. The monoisotopic (exact) mass is 1130 g/mol. The van der Waals surface area contributed by atoms with Crippen molar-refractivity contribution in [3.05, 3.63) is 72.6 Å². The maximum absolute atomic E-state index is 12.9. The van der Waals surface area contributed by atoms with Gasteiger partial charge in [-0.15, -0.1) is 0 Å². The summed E-state index contributed by atoms with van der Waals surface area (Å²) in [5, 5.41) is 45.8. The largest absolute Gasteiger partial charge is 0.481 e. The number of fused-ring (bicyclic) bond motifs is 2. The van der Waals surface area contributed by atoms with Crippen LogP contribution in [0.3, 0.4) is 0 Å². The van der Waals surface area contributed by atoms with Crippen LogP contribution in [0.5, 0.6) is 0 Å². The zero-order valence-corrected chi connectivity index (χ0v) is 47.7. The number of aliphatic hydroxyl groups is 1. The van der Waals surface area contributed by atoms with Gasteiger partial charge in [0.15, 0.2) is 0 Å². The summed E-state index contributed by atoms with van der Waals surface area (Å²) < 4.78 is 4.25. The highest BCUT2D eigenvalue weighted by Gasteiger charge is 2.28. The molecule has 442 valence electrons. The first-order valence-corrected chi connectivity index (χ1v) is 27.6. The second-order valence-electron chi connectivity index (χ2n) is 20.4. The fourth-order valence-corrected chi connectivity index (χ4v) is 9.85. The van der Waals surface area contributed by atoms with Gasteiger partial charge in [0.05, 0.1) is 43.0 Å². The quantitative estimate of drug-likeness (QED) is 0.0586. The Hall–Kier alpha value is -8.36. The lowest BCUT2D eigenvalue weighted by Crippen LogP contribution is -2.43. The van der Waals surface area contributed by atoms with Crippen LogP contribution < -0.4 is 31.1 Å². The van der Waals surface area contributed by atoms with E-state index < -0.39 is 17.9 Å².